The summed E-state index contributed by atoms with van der Waals surface area (Å²) in [6, 6.07) is 13.4. The molecule has 134 valence electrons. The van der Waals surface area contributed by atoms with Gasteiger partial charge in [-0.05, 0) is 32.3 Å². The number of aromatic nitrogens is 1. The van der Waals surface area contributed by atoms with Crippen LogP contribution in [0, 0.1) is 11.3 Å². The highest BCUT2D eigenvalue weighted by Crippen LogP contribution is 2.30. The van der Waals surface area contributed by atoms with Crippen LogP contribution < -0.4 is 10.1 Å². The molecule has 0 radical (unpaired) electrons. The number of hydrogen-bond acceptors (Lipinski definition) is 7. The molecule has 3 rings (SSSR count). The van der Waals surface area contributed by atoms with Crippen LogP contribution in [0.25, 0.3) is 11.7 Å². The number of benzene rings is 1. The number of nitriles is 1. The van der Waals surface area contributed by atoms with Gasteiger partial charge in [0.05, 0.1) is 19.4 Å². The average molecular weight is 352 g/mol. The molecule has 0 spiro atoms. The Bertz CT molecular complexity index is 894. The van der Waals surface area contributed by atoms with E-state index in [1.165, 1.54) is 6.26 Å². The van der Waals surface area contributed by atoms with E-state index >= 15 is 0 Å². The molecule has 0 bridgehead atoms. The van der Waals surface area contributed by atoms with Crippen molar-refractivity contribution < 1.29 is 13.6 Å². The Morgan fingerprint density at radius 3 is 2.73 bits per heavy atom. The number of nitrogens with one attached hydrogen (secondary N) is 1. The zero-order valence-corrected chi connectivity index (χ0v) is 14.9. The van der Waals surface area contributed by atoms with Crippen LogP contribution in [0.4, 0.5) is 5.88 Å². The molecule has 1 aromatic carbocycles. The molecular weight excluding hydrogens is 332 g/mol. The Kier molecular flexibility index (Phi) is 5.25. The Morgan fingerprint density at radius 1 is 1.27 bits per heavy atom. The highest BCUT2D eigenvalue weighted by atomic mass is 16.5. The number of ether oxygens (including phenoxy) is 1. The summed E-state index contributed by atoms with van der Waals surface area (Å²) in [5.41, 5.74) is 1.23. The highest BCUT2D eigenvalue weighted by Gasteiger charge is 2.21. The van der Waals surface area contributed by atoms with E-state index in [0.29, 0.717) is 18.2 Å². The summed E-state index contributed by atoms with van der Waals surface area (Å²) in [4.78, 5) is 6.25. The lowest BCUT2D eigenvalue weighted by Crippen LogP contribution is -2.27. The number of furan rings is 1. The zero-order valence-electron chi connectivity index (χ0n) is 14.9. The molecule has 0 aliphatic heterocycles. The van der Waals surface area contributed by atoms with Gasteiger partial charge in [-0.2, -0.15) is 10.2 Å². The third-order valence-corrected chi connectivity index (χ3v) is 4.04. The zero-order chi connectivity index (χ0) is 18.5. The molecule has 7 nitrogen and oxygen atoms in total. The highest BCUT2D eigenvalue weighted by molar-refractivity contribution is 5.54. The first-order valence-electron chi connectivity index (χ1n) is 8.12. The summed E-state index contributed by atoms with van der Waals surface area (Å²) >= 11 is 0. The topological polar surface area (TPSA) is 87.5 Å². The van der Waals surface area contributed by atoms with Crippen LogP contribution in [0.15, 0.2) is 51.5 Å². The molecule has 0 saturated carbocycles. The van der Waals surface area contributed by atoms with Crippen molar-refractivity contribution in [1.29, 1.82) is 5.26 Å². The summed E-state index contributed by atoms with van der Waals surface area (Å²) in [6.07, 6.45) is 1.53. The second kappa shape index (κ2) is 7.76. The maximum absolute atomic E-state index is 9.33. The van der Waals surface area contributed by atoms with Crippen molar-refractivity contribution >= 4 is 5.88 Å². The van der Waals surface area contributed by atoms with Crippen molar-refractivity contribution in [1.82, 2.24) is 9.88 Å². The lowest BCUT2D eigenvalue weighted by molar-refractivity contribution is 0.299. The van der Waals surface area contributed by atoms with E-state index in [1.807, 2.05) is 44.4 Å². The maximum atomic E-state index is 9.33. The fourth-order valence-electron chi connectivity index (χ4n) is 2.72. The standard InChI is InChI=1S/C19H20N4O3/c1-23(2)15(13-7-4-5-8-16(13)24-3)12-21-18-14(11-20)22-19(26-18)17-9-6-10-25-17/h4-10,15,21H,12H2,1-3H3/t15-/m1/s1. The summed E-state index contributed by atoms with van der Waals surface area (Å²) in [7, 11) is 5.62. The number of oxazole rings is 1. The van der Waals surface area contributed by atoms with Gasteiger partial charge in [0.1, 0.15) is 11.8 Å². The Morgan fingerprint density at radius 2 is 2.08 bits per heavy atom. The fraction of sp³-hybridized carbons (Fsp3) is 0.263. The Balaban J connectivity index is 1.83. The largest absolute Gasteiger partial charge is 0.496 e. The minimum atomic E-state index is 0.00913. The molecule has 1 atom stereocenters. The molecule has 2 heterocycles. The first kappa shape index (κ1) is 17.6. The van der Waals surface area contributed by atoms with Crippen LogP contribution >= 0.6 is 0 Å². The number of likely N-dealkylation sites (N-methyl/N-ethyl adjacent to an activating group) is 1. The molecule has 7 heteroatoms. The van der Waals surface area contributed by atoms with E-state index in [2.05, 4.69) is 15.2 Å². The van der Waals surface area contributed by atoms with Gasteiger partial charge >= 0.3 is 0 Å². The third kappa shape index (κ3) is 3.55. The van der Waals surface area contributed by atoms with Gasteiger partial charge in [0, 0.05) is 12.1 Å². The van der Waals surface area contributed by atoms with Crippen LogP contribution in [0.2, 0.25) is 0 Å². The van der Waals surface area contributed by atoms with Gasteiger partial charge in [-0.25, -0.2) is 0 Å². The lowest BCUT2D eigenvalue weighted by atomic mass is 10.0. The van der Waals surface area contributed by atoms with Crippen LogP contribution in [-0.4, -0.2) is 37.6 Å². The molecule has 26 heavy (non-hydrogen) atoms. The molecule has 0 saturated heterocycles. The Hall–Kier alpha value is -3.24. The van der Waals surface area contributed by atoms with Gasteiger partial charge in [-0.1, -0.05) is 18.2 Å². The quantitative estimate of drug-likeness (QED) is 0.696. The van der Waals surface area contributed by atoms with Crippen LogP contribution in [-0.2, 0) is 0 Å². The van der Waals surface area contributed by atoms with Crippen molar-refractivity contribution in [3.05, 3.63) is 53.9 Å². The van der Waals surface area contributed by atoms with Gasteiger partial charge in [0.2, 0.25) is 11.6 Å². The molecule has 0 unspecified atom stereocenters. The second-order valence-corrected chi connectivity index (χ2v) is 5.89. The van der Waals surface area contributed by atoms with E-state index in [0.717, 1.165) is 11.3 Å². The van der Waals surface area contributed by atoms with Gasteiger partial charge in [-0.15, -0.1) is 0 Å². The number of nitrogens with zero attached hydrogens (tertiary/aromatic N) is 3. The monoisotopic (exact) mass is 352 g/mol. The van der Waals surface area contributed by atoms with Gasteiger partial charge in [-0.3, -0.25) is 0 Å². The van der Waals surface area contributed by atoms with Crippen LogP contribution in [0.5, 0.6) is 5.75 Å². The molecule has 1 N–H and O–H groups in total. The van der Waals surface area contributed by atoms with E-state index in [9.17, 15) is 5.26 Å². The molecule has 2 aromatic heterocycles. The lowest BCUT2D eigenvalue weighted by Gasteiger charge is -2.26. The van der Waals surface area contributed by atoms with E-state index in [1.54, 1.807) is 19.2 Å². The predicted octanol–water partition coefficient (Wildman–Crippen LogP) is 3.53. The van der Waals surface area contributed by atoms with E-state index in [-0.39, 0.29) is 17.6 Å². The number of hydrogen-bond donors (Lipinski definition) is 1. The molecule has 0 aliphatic carbocycles. The number of rotatable bonds is 7. The second-order valence-electron chi connectivity index (χ2n) is 5.89. The smallest absolute Gasteiger partial charge is 0.266 e. The van der Waals surface area contributed by atoms with Crippen molar-refractivity contribution in [2.75, 3.05) is 33.1 Å². The normalized spacial score (nSPS) is 12.0. The summed E-state index contributed by atoms with van der Waals surface area (Å²) in [6.45, 7) is 0.509. The fourth-order valence-corrected chi connectivity index (χ4v) is 2.72. The number of para-hydroxylation sites is 1. The van der Waals surface area contributed by atoms with Gasteiger partial charge in [0.25, 0.3) is 5.89 Å². The van der Waals surface area contributed by atoms with Gasteiger partial charge in [0.15, 0.2) is 5.76 Å². The van der Waals surface area contributed by atoms with Gasteiger partial charge < -0.3 is 23.8 Å². The molecule has 0 aliphatic rings. The minimum Gasteiger partial charge on any atom is -0.496 e. The Labute approximate surface area is 151 Å². The number of anilines is 1. The third-order valence-electron chi connectivity index (χ3n) is 4.04. The van der Waals surface area contributed by atoms with Crippen LogP contribution in [0.3, 0.4) is 0 Å². The van der Waals surface area contributed by atoms with E-state index in [4.69, 9.17) is 13.6 Å². The maximum Gasteiger partial charge on any atom is 0.266 e. The number of methoxy groups -OCH3 is 1. The van der Waals surface area contributed by atoms with Crippen molar-refractivity contribution in [3.8, 4) is 23.5 Å². The first-order chi connectivity index (χ1) is 12.6. The molecular formula is C19H20N4O3. The first-order valence-corrected chi connectivity index (χ1v) is 8.12. The molecule has 3 aromatic rings. The van der Waals surface area contributed by atoms with Crippen molar-refractivity contribution in [3.63, 3.8) is 0 Å². The minimum absolute atomic E-state index is 0.00913. The van der Waals surface area contributed by atoms with Crippen molar-refractivity contribution in [2.24, 2.45) is 0 Å². The molecule has 0 fully saturated rings. The van der Waals surface area contributed by atoms with Crippen molar-refractivity contribution in [2.45, 2.75) is 6.04 Å². The summed E-state index contributed by atoms with van der Waals surface area (Å²) in [5, 5.41) is 12.5. The van der Waals surface area contributed by atoms with E-state index < -0.39 is 0 Å². The average Bonchev–Trinajstić information content (AvgIpc) is 3.31. The summed E-state index contributed by atoms with van der Waals surface area (Å²) < 4.78 is 16.4. The predicted molar refractivity (Wildman–Crippen MR) is 96.8 cm³/mol. The molecule has 0 amide bonds. The summed E-state index contributed by atoms with van der Waals surface area (Å²) in [5.74, 6) is 1.87. The SMILES string of the molecule is COc1ccccc1[C@@H](CNc1oc(-c2ccco2)nc1C#N)N(C)C. The van der Waals surface area contributed by atoms with Crippen LogP contribution in [0.1, 0.15) is 17.3 Å².